The second-order valence-electron chi connectivity index (χ2n) is 5.56. The predicted molar refractivity (Wildman–Crippen MR) is 67.8 cm³/mol. The highest BCUT2D eigenvalue weighted by Crippen LogP contribution is 2.32. The summed E-state index contributed by atoms with van der Waals surface area (Å²) in [7, 11) is 0. The predicted octanol–water partition coefficient (Wildman–Crippen LogP) is 2.39. The summed E-state index contributed by atoms with van der Waals surface area (Å²) < 4.78 is 5.47. The Kier molecular flexibility index (Phi) is 3.21. The van der Waals surface area contributed by atoms with Crippen LogP contribution in [-0.2, 0) is 6.54 Å². The average molecular weight is 234 g/mol. The maximum absolute atomic E-state index is 5.47. The monoisotopic (exact) mass is 234 g/mol. The van der Waals surface area contributed by atoms with Gasteiger partial charge in [-0.1, -0.05) is 12.8 Å². The molecule has 1 aromatic rings. The van der Waals surface area contributed by atoms with E-state index < -0.39 is 0 Å². The molecule has 1 aliphatic heterocycles. The van der Waals surface area contributed by atoms with Gasteiger partial charge in [0.25, 0.3) is 0 Å². The number of rotatable bonds is 2. The highest BCUT2D eigenvalue weighted by atomic mass is 16.3. The van der Waals surface area contributed by atoms with Crippen molar-refractivity contribution < 1.29 is 4.42 Å². The normalized spacial score (nSPS) is 25.2. The van der Waals surface area contributed by atoms with E-state index >= 15 is 0 Å². The molecule has 94 valence electrons. The van der Waals surface area contributed by atoms with Crippen LogP contribution in [0.3, 0.4) is 0 Å². The van der Waals surface area contributed by atoms with Crippen LogP contribution >= 0.6 is 0 Å². The molecule has 0 bridgehead atoms. The van der Waals surface area contributed by atoms with Crippen molar-refractivity contribution in [3.8, 4) is 0 Å². The summed E-state index contributed by atoms with van der Waals surface area (Å²) in [5.41, 5.74) is 0.406. The smallest absolute Gasteiger partial charge is 0.117 e. The molecule has 0 aromatic carbocycles. The third-order valence-electron chi connectivity index (χ3n) is 4.20. The summed E-state index contributed by atoms with van der Waals surface area (Å²) in [6.07, 6.45) is 8.51. The van der Waals surface area contributed by atoms with Gasteiger partial charge in [0.1, 0.15) is 5.76 Å². The molecule has 1 N–H and O–H groups in total. The molecule has 2 heterocycles. The fraction of sp³-hybridized carbons (Fsp3) is 0.714. The van der Waals surface area contributed by atoms with Crippen molar-refractivity contribution >= 4 is 0 Å². The van der Waals surface area contributed by atoms with E-state index in [0.717, 1.165) is 12.3 Å². The van der Waals surface area contributed by atoms with Gasteiger partial charge >= 0.3 is 0 Å². The lowest BCUT2D eigenvalue weighted by molar-refractivity contribution is 0.191. The first-order valence-corrected chi connectivity index (χ1v) is 6.86. The zero-order valence-electron chi connectivity index (χ0n) is 10.5. The molecule has 0 radical (unpaired) electrons. The molecule has 1 saturated heterocycles. The molecule has 3 heteroatoms. The lowest BCUT2D eigenvalue weighted by atomic mass is 9.97. The van der Waals surface area contributed by atoms with E-state index in [4.69, 9.17) is 4.42 Å². The van der Waals surface area contributed by atoms with E-state index in [1.807, 2.05) is 6.07 Å². The van der Waals surface area contributed by atoms with Crippen LogP contribution in [0.5, 0.6) is 0 Å². The molecule has 2 fully saturated rings. The zero-order chi connectivity index (χ0) is 11.6. The van der Waals surface area contributed by atoms with Gasteiger partial charge in [-0.15, -0.1) is 0 Å². The van der Waals surface area contributed by atoms with Crippen molar-refractivity contribution in [3.05, 3.63) is 24.2 Å². The number of nitrogens with one attached hydrogen (secondary N) is 1. The average Bonchev–Trinajstić information content (AvgIpc) is 2.92. The first-order chi connectivity index (χ1) is 8.36. The quantitative estimate of drug-likeness (QED) is 0.851. The van der Waals surface area contributed by atoms with E-state index in [-0.39, 0.29) is 0 Å². The maximum Gasteiger partial charge on any atom is 0.117 e. The summed E-state index contributed by atoms with van der Waals surface area (Å²) >= 11 is 0. The first-order valence-electron chi connectivity index (χ1n) is 6.86. The van der Waals surface area contributed by atoms with E-state index in [1.165, 1.54) is 51.7 Å². The molecule has 0 atom stereocenters. The Bertz CT molecular complexity index is 341. The SMILES string of the molecule is c1coc(CN2CCCNC3(CCCC3)C2)c1. The Hall–Kier alpha value is -0.800. The Morgan fingerprint density at radius 3 is 2.94 bits per heavy atom. The zero-order valence-corrected chi connectivity index (χ0v) is 10.5. The van der Waals surface area contributed by atoms with Crippen molar-refractivity contribution in [1.29, 1.82) is 0 Å². The van der Waals surface area contributed by atoms with Crippen LogP contribution in [0.25, 0.3) is 0 Å². The summed E-state index contributed by atoms with van der Waals surface area (Å²) in [5.74, 6) is 1.10. The van der Waals surface area contributed by atoms with Crippen LogP contribution in [0.15, 0.2) is 22.8 Å². The molecule has 1 aliphatic carbocycles. The van der Waals surface area contributed by atoms with Crippen molar-refractivity contribution in [2.75, 3.05) is 19.6 Å². The minimum atomic E-state index is 0.406. The summed E-state index contributed by atoms with van der Waals surface area (Å²) in [5, 5.41) is 3.79. The molecular formula is C14H22N2O. The van der Waals surface area contributed by atoms with Gasteiger partial charge in [0, 0.05) is 12.1 Å². The highest BCUT2D eigenvalue weighted by Gasteiger charge is 2.36. The maximum atomic E-state index is 5.47. The van der Waals surface area contributed by atoms with Gasteiger partial charge in [0.2, 0.25) is 0 Å². The molecule has 1 saturated carbocycles. The summed E-state index contributed by atoms with van der Waals surface area (Å²) in [6, 6.07) is 4.07. The highest BCUT2D eigenvalue weighted by molar-refractivity contribution is 5.01. The van der Waals surface area contributed by atoms with Gasteiger partial charge in [-0.05, 0) is 44.5 Å². The van der Waals surface area contributed by atoms with Crippen molar-refractivity contribution in [2.24, 2.45) is 0 Å². The third-order valence-corrected chi connectivity index (χ3v) is 4.20. The molecular weight excluding hydrogens is 212 g/mol. The van der Waals surface area contributed by atoms with Gasteiger partial charge in [0.05, 0.1) is 12.8 Å². The Morgan fingerprint density at radius 1 is 1.29 bits per heavy atom. The lowest BCUT2D eigenvalue weighted by Crippen LogP contribution is -2.49. The summed E-state index contributed by atoms with van der Waals surface area (Å²) in [4.78, 5) is 2.56. The molecule has 17 heavy (non-hydrogen) atoms. The molecule has 3 nitrogen and oxygen atoms in total. The third kappa shape index (κ3) is 2.55. The van der Waals surface area contributed by atoms with Gasteiger partial charge in [0.15, 0.2) is 0 Å². The van der Waals surface area contributed by atoms with E-state index in [2.05, 4.69) is 16.3 Å². The lowest BCUT2D eigenvalue weighted by Gasteiger charge is -2.33. The fourth-order valence-corrected chi connectivity index (χ4v) is 3.36. The van der Waals surface area contributed by atoms with E-state index in [9.17, 15) is 0 Å². The standard InChI is InChI=1S/C14H22N2O/c1-2-7-14(6-1)12-16(9-4-8-15-14)11-13-5-3-10-17-13/h3,5,10,15H,1-2,4,6-9,11-12H2. The second-order valence-corrected chi connectivity index (χ2v) is 5.56. The van der Waals surface area contributed by atoms with Gasteiger partial charge in [-0.25, -0.2) is 0 Å². The Balaban J connectivity index is 1.67. The first kappa shape index (κ1) is 11.3. The fourth-order valence-electron chi connectivity index (χ4n) is 3.36. The van der Waals surface area contributed by atoms with Crippen LogP contribution in [0, 0.1) is 0 Å². The minimum Gasteiger partial charge on any atom is -0.468 e. The minimum absolute atomic E-state index is 0.406. The van der Waals surface area contributed by atoms with Crippen LogP contribution in [-0.4, -0.2) is 30.1 Å². The van der Waals surface area contributed by atoms with Crippen molar-refractivity contribution in [2.45, 2.75) is 44.2 Å². The number of hydrogen-bond acceptors (Lipinski definition) is 3. The number of nitrogens with zero attached hydrogens (tertiary/aromatic N) is 1. The van der Waals surface area contributed by atoms with Crippen LogP contribution in [0.4, 0.5) is 0 Å². The summed E-state index contributed by atoms with van der Waals surface area (Å²) in [6.45, 7) is 4.52. The molecule has 0 amide bonds. The largest absolute Gasteiger partial charge is 0.468 e. The van der Waals surface area contributed by atoms with Crippen molar-refractivity contribution in [1.82, 2.24) is 10.2 Å². The number of hydrogen-bond donors (Lipinski definition) is 1. The van der Waals surface area contributed by atoms with Crippen LogP contribution < -0.4 is 5.32 Å². The van der Waals surface area contributed by atoms with Crippen molar-refractivity contribution in [3.63, 3.8) is 0 Å². The Labute approximate surface area is 103 Å². The van der Waals surface area contributed by atoms with Gasteiger partial charge in [-0.3, -0.25) is 4.90 Å². The topological polar surface area (TPSA) is 28.4 Å². The molecule has 0 unspecified atom stereocenters. The molecule has 1 spiro atoms. The molecule has 3 rings (SSSR count). The molecule has 2 aliphatic rings. The van der Waals surface area contributed by atoms with E-state index in [0.29, 0.717) is 5.54 Å². The van der Waals surface area contributed by atoms with Gasteiger partial charge < -0.3 is 9.73 Å². The van der Waals surface area contributed by atoms with Crippen LogP contribution in [0.2, 0.25) is 0 Å². The van der Waals surface area contributed by atoms with Crippen LogP contribution in [0.1, 0.15) is 37.9 Å². The molecule has 1 aromatic heterocycles. The van der Waals surface area contributed by atoms with Gasteiger partial charge in [-0.2, -0.15) is 0 Å². The van der Waals surface area contributed by atoms with E-state index in [1.54, 1.807) is 6.26 Å². The number of furan rings is 1. The Morgan fingerprint density at radius 2 is 2.18 bits per heavy atom. The second kappa shape index (κ2) is 4.83.